The third-order valence-electron chi connectivity index (χ3n) is 2.40. The van der Waals surface area contributed by atoms with Crippen LogP contribution in [0.5, 0.6) is 0 Å². The average Bonchev–Trinajstić information content (AvgIpc) is 2.26. The lowest BCUT2D eigenvalue weighted by Crippen LogP contribution is -2.22. The summed E-state index contributed by atoms with van der Waals surface area (Å²) in [5.41, 5.74) is -1.59. The Morgan fingerprint density at radius 3 is 1.80 bits per heavy atom. The lowest BCUT2D eigenvalue weighted by Gasteiger charge is -2.17. The number of rotatable bonds is 5. The van der Waals surface area contributed by atoms with Crippen molar-refractivity contribution < 1.29 is 0 Å². The summed E-state index contributed by atoms with van der Waals surface area (Å²) in [5.74, 6) is 0. The van der Waals surface area contributed by atoms with E-state index >= 15 is 0 Å². The molecular weight excluding hydrogens is 188 g/mol. The first kappa shape index (κ1) is 13.6. The average molecular weight is 206 g/mol. The van der Waals surface area contributed by atoms with Crippen LogP contribution in [0.3, 0.4) is 0 Å². The topological polar surface area (TPSA) is 72.3 Å². The van der Waals surface area contributed by atoms with Crippen LogP contribution in [0.1, 0.15) is 47.0 Å². The molecule has 0 rings (SSSR count). The van der Waals surface area contributed by atoms with Gasteiger partial charge in [-0.25, -0.2) is 0 Å². The zero-order valence-corrected chi connectivity index (χ0v) is 9.91. The lowest BCUT2D eigenvalue weighted by molar-refractivity contribution is 0.458. The molecule has 2 atom stereocenters. The van der Waals surface area contributed by atoms with Gasteiger partial charge in [-0.05, 0) is 26.7 Å². The Kier molecular flexibility index (Phi) is 4.94. The minimum absolute atomic E-state index is 0.598. The zero-order valence-electron chi connectivity index (χ0n) is 9.91. The summed E-state index contributed by atoms with van der Waals surface area (Å²) in [5, 5.41) is 25.9. The summed E-state index contributed by atoms with van der Waals surface area (Å²) in [4.78, 5) is 0. The SMILES string of the molecule is CCCC(C)(C#N)N=NC(C)(C#N)CC. The van der Waals surface area contributed by atoms with Gasteiger partial charge in [0.2, 0.25) is 0 Å². The van der Waals surface area contributed by atoms with Gasteiger partial charge in [-0.2, -0.15) is 20.8 Å². The van der Waals surface area contributed by atoms with E-state index in [0.717, 1.165) is 6.42 Å². The first-order valence-electron chi connectivity index (χ1n) is 5.22. The molecule has 0 spiro atoms. The number of hydrogen-bond acceptors (Lipinski definition) is 4. The number of nitriles is 2. The van der Waals surface area contributed by atoms with Crippen LogP contribution in [-0.4, -0.2) is 11.1 Å². The fourth-order valence-electron chi connectivity index (χ4n) is 1.01. The molecule has 0 saturated heterocycles. The molecule has 0 heterocycles. The second kappa shape index (κ2) is 5.46. The third kappa shape index (κ3) is 4.08. The highest BCUT2D eigenvalue weighted by atomic mass is 15.2. The molecule has 82 valence electrons. The predicted molar refractivity (Wildman–Crippen MR) is 58.1 cm³/mol. The lowest BCUT2D eigenvalue weighted by atomic mass is 9.99. The Hall–Kier alpha value is -1.42. The van der Waals surface area contributed by atoms with Gasteiger partial charge in [0.15, 0.2) is 11.1 Å². The molecule has 4 heteroatoms. The van der Waals surface area contributed by atoms with Gasteiger partial charge in [0.05, 0.1) is 12.1 Å². The van der Waals surface area contributed by atoms with Crippen molar-refractivity contribution in [1.82, 2.24) is 0 Å². The van der Waals surface area contributed by atoms with E-state index in [0.29, 0.717) is 12.8 Å². The summed E-state index contributed by atoms with van der Waals surface area (Å²) in [7, 11) is 0. The van der Waals surface area contributed by atoms with Crippen LogP contribution in [0, 0.1) is 22.7 Å². The van der Waals surface area contributed by atoms with Crippen LogP contribution < -0.4 is 0 Å². The van der Waals surface area contributed by atoms with Crippen LogP contribution in [-0.2, 0) is 0 Å². The summed E-state index contributed by atoms with van der Waals surface area (Å²) in [6, 6.07) is 4.23. The van der Waals surface area contributed by atoms with Crippen molar-refractivity contribution in [1.29, 1.82) is 10.5 Å². The molecule has 0 bridgehead atoms. The van der Waals surface area contributed by atoms with E-state index in [2.05, 4.69) is 22.4 Å². The van der Waals surface area contributed by atoms with E-state index in [-0.39, 0.29) is 0 Å². The molecule has 0 aromatic carbocycles. The van der Waals surface area contributed by atoms with Crippen molar-refractivity contribution in [2.75, 3.05) is 0 Å². The fraction of sp³-hybridized carbons (Fsp3) is 0.818. The molecule has 0 aliphatic heterocycles. The summed E-state index contributed by atoms with van der Waals surface area (Å²) >= 11 is 0. The van der Waals surface area contributed by atoms with Crippen molar-refractivity contribution in [2.24, 2.45) is 10.2 Å². The van der Waals surface area contributed by atoms with Gasteiger partial charge >= 0.3 is 0 Å². The maximum absolute atomic E-state index is 8.97. The monoisotopic (exact) mass is 206 g/mol. The van der Waals surface area contributed by atoms with E-state index in [1.165, 1.54) is 0 Å². The first-order valence-corrected chi connectivity index (χ1v) is 5.22. The maximum Gasteiger partial charge on any atom is 0.164 e. The molecule has 0 amide bonds. The van der Waals surface area contributed by atoms with E-state index in [4.69, 9.17) is 10.5 Å². The second-order valence-electron chi connectivity index (χ2n) is 4.07. The van der Waals surface area contributed by atoms with E-state index in [1.54, 1.807) is 13.8 Å². The maximum atomic E-state index is 8.97. The first-order chi connectivity index (χ1) is 6.95. The summed E-state index contributed by atoms with van der Waals surface area (Å²) < 4.78 is 0. The molecule has 4 nitrogen and oxygen atoms in total. The molecule has 2 unspecified atom stereocenters. The minimum atomic E-state index is -0.800. The Labute approximate surface area is 91.6 Å². The molecule has 0 aliphatic carbocycles. The second-order valence-corrected chi connectivity index (χ2v) is 4.07. The molecule has 0 N–H and O–H groups in total. The van der Waals surface area contributed by atoms with E-state index in [1.807, 2.05) is 13.8 Å². The molecule has 0 saturated carbocycles. The van der Waals surface area contributed by atoms with Crippen LogP contribution in [0.25, 0.3) is 0 Å². The highest BCUT2D eigenvalue weighted by Crippen LogP contribution is 2.21. The number of nitrogens with zero attached hydrogens (tertiary/aromatic N) is 4. The summed E-state index contributed by atoms with van der Waals surface area (Å²) in [6.45, 7) is 7.34. The Bertz CT molecular complexity index is 310. The standard InChI is InChI=1S/C11H18N4/c1-5-7-11(4,9-13)15-14-10(3,6-2)8-12/h5-7H2,1-4H3. The molecule has 0 aliphatic rings. The van der Waals surface area contributed by atoms with Gasteiger partial charge in [-0.3, -0.25) is 0 Å². The largest absolute Gasteiger partial charge is 0.196 e. The van der Waals surface area contributed by atoms with Crippen LogP contribution in [0.4, 0.5) is 0 Å². The van der Waals surface area contributed by atoms with Crippen LogP contribution >= 0.6 is 0 Å². The summed E-state index contributed by atoms with van der Waals surface area (Å²) in [6.07, 6.45) is 2.14. The Balaban J connectivity index is 4.78. The van der Waals surface area contributed by atoms with Gasteiger partial charge in [-0.15, -0.1) is 0 Å². The van der Waals surface area contributed by atoms with Gasteiger partial charge in [-0.1, -0.05) is 20.3 Å². The van der Waals surface area contributed by atoms with E-state index < -0.39 is 11.1 Å². The quantitative estimate of drug-likeness (QED) is 0.648. The predicted octanol–water partition coefficient (Wildman–Crippen LogP) is 3.21. The van der Waals surface area contributed by atoms with Crippen molar-refractivity contribution in [2.45, 2.75) is 58.0 Å². The van der Waals surface area contributed by atoms with Crippen LogP contribution in [0.2, 0.25) is 0 Å². The smallest absolute Gasteiger partial charge is 0.164 e. The van der Waals surface area contributed by atoms with Crippen molar-refractivity contribution >= 4 is 0 Å². The fourth-order valence-corrected chi connectivity index (χ4v) is 1.01. The highest BCUT2D eigenvalue weighted by molar-refractivity contribution is 5.06. The third-order valence-corrected chi connectivity index (χ3v) is 2.40. The molecule has 0 aromatic rings. The molecular formula is C11H18N4. The van der Waals surface area contributed by atoms with E-state index in [9.17, 15) is 0 Å². The Morgan fingerprint density at radius 1 is 1.00 bits per heavy atom. The Morgan fingerprint density at radius 2 is 1.47 bits per heavy atom. The van der Waals surface area contributed by atoms with Gasteiger partial charge in [0, 0.05) is 0 Å². The van der Waals surface area contributed by atoms with Crippen LogP contribution in [0.15, 0.2) is 10.2 Å². The molecule has 0 fully saturated rings. The number of hydrogen-bond donors (Lipinski definition) is 0. The molecule has 0 radical (unpaired) electrons. The molecule has 0 aromatic heterocycles. The van der Waals surface area contributed by atoms with Gasteiger partial charge < -0.3 is 0 Å². The highest BCUT2D eigenvalue weighted by Gasteiger charge is 2.26. The van der Waals surface area contributed by atoms with Gasteiger partial charge in [0.1, 0.15) is 0 Å². The van der Waals surface area contributed by atoms with Gasteiger partial charge in [0.25, 0.3) is 0 Å². The number of azo groups is 1. The zero-order chi connectivity index (χ0) is 11.9. The normalized spacial score (nSPS) is 18.8. The van der Waals surface area contributed by atoms with Crippen molar-refractivity contribution in [3.05, 3.63) is 0 Å². The van der Waals surface area contributed by atoms with Crippen molar-refractivity contribution in [3.63, 3.8) is 0 Å². The molecule has 15 heavy (non-hydrogen) atoms. The minimum Gasteiger partial charge on any atom is -0.196 e. The van der Waals surface area contributed by atoms with Crippen molar-refractivity contribution in [3.8, 4) is 12.1 Å².